The van der Waals surface area contributed by atoms with Crippen molar-refractivity contribution in [2.45, 2.75) is 39.0 Å². The van der Waals surface area contributed by atoms with Gasteiger partial charge in [-0.2, -0.15) is 0 Å². The lowest BCUT2D eigenvalue weighted by atomic mass is 10.1. The Morgan fingerprint density at radius 3 is 2.04 bits per heavy atom. The lowest BCUT2D eigenvalue weighted by molar-refractivity contribution is 0.0600. The highest BCUT2D eigenvalue weighted by Gasteiger charge is 2.20. The van der Waals surface area contributed by atoms with Gasteiger partial charge in [0.25, 0.3) is 5.91 Å². The fourth-order valence-electron chi connectivity index (χ4n) is 5.81. The van der Waals surface area contributed by atoms with Gasteiger partial charge in [-0.3, -0.25) is 10.2 Å². The smallest absolute Gasteiger partial charge is 0.337 e. The van der Waals surface area contributed by atoms with E-state index in [0.29, 0.717) is 49.3 Å². The molecule has 0 aliphatic heterocycles. The fraction of sp³-hybridized carbons (Fsp3) is 0.179. The fourth-order valence-corrected chi connectivity index (χ4v) is 6.51. The van der Waals surface area contributed by atoms with Crippen molar-refractivity contribution in [1.82, 2.24) is 14.5 Å². The van der Waals surface area contributed by atoms with E-state index >= 15 is 0 Å². The molecule has 6 aromatic rings. The SMILES string of the molecule is COC(=O)c1ccc(CN(Cc2ccc(CN)cc2)C(=O)c2ccc3c(c2)nc(CCc2ccc(C(=N)N)cc2)n3Cc2cccs2)cc1. The molecule has 0 radical (unpaired) electrons. The number of nitrogens with one attached hydrogen (secondary N) is 1. The van der Waals surface area contributed by atoms with Crippen LogP contribution in [0.15, 0.2) is 109 Å². The Hall–Kier alpha value is -5.58. The zero-order valence-electron chi connectivity index (χ0n) is 27.3. The molecule has 2 aromatic heterocycles. The third-order valence-electron chi connectivity index (χ3n) is 8.54. The summed E-state index contributed by atoms with van der Waals surface area (Å²) in [5, 5.41) is 9.75. The molecule has 0 saturated carbocycles. The number of hydrogen-bond donors (Lipinski definition) is 3. The number of methoxy groups -OCH3 is 1. The van der Waals surface area contributed by atoms with Gasteiger partial charge < -0.3 is 25.7 Å². The summed E-state index contributed by atoms with van der Waals surface area (Å²) in [6.07, 6.45) is 1.47. The van der Waals surface area contributed by atoms with Crippen LogP contribution in [0.25, 0.3) is 11.0 Å². The van der Waals surface area contributed by atoms with Gasteiger partial charge >= 0.3 is 5.97 Å². The van der Waals surface area contributed by atoms with Crippen LogP contribution < -0.4 is 11.5 Å². The molecule has 0 spiro atoms. The second-order valence-electron chi connectivity index (χ2n) is 11.9. The van der Waals surface area contributed by atoms with Crippen molar-refractivity contribution in [3.05, 3.63) is 158 Å². The van der Waals surface area contributed by atoms with Gasteiger partial charge in [-0.05, 0) is 70.5 Å². The number of carbonyl (C=O) groups is 2. The Balaban J connectivity index is 1.30. The number of aromatic nitrogens is 2. The van der Waals surface area contributed by atoms with E-state index in [0.717, 1.165) is 45.5 Å². The van der Waals surface area contributed by atoms with Crippen molar-refractivity contribution in [2.75, 3.05) is 7.11 Å². The molecule has 0 saturated heterocycles. The number of aryl methyl sites for hydroxylation is 2. The number of nitrogens with two attached hydrogens (primary N) is 2. The molecule has 1 amide bonds. The molecule has 248 valence electrons. The van der Waals surface area contributed by atoms with Crippen LogP contribution in [0.1, 0.15) is 59.2 Å². The molecular formula is C39H38N6O3S. The van der Waals surface area contributed by atoms with Crippen molar-refractivity contribution in [1.29, 1.82) is 5.41 Å². The summed E-state index contributed by atoms with van der Waals surface area (Å²) in [6.45, 7) is 1.87. The third kappa shape index (κ3) is 7.94. The standard InChI is InChI=1S/C39H38N6O3S/c1-48-39(47)31-15-10-29(11-16-31)24-44(23-28-6-4-27(22-40)5-7-28)38(46)32-17-18-35-34(21-32)43-36(45(35)25-33-3-2-20-49-33)19-12-26-8-13-30(14-9-26)37(41)42/h2-11,13-18,20-21H,12,19,22-25,40H2,1H3,(H3,41,42). The molecule has 0 fully saturated rings. The third-order valence-corrected chi connectivity index (χ3v) is 9.40. The van der Waals surface area contributed by atoms with Gasteiger partial charge in [0, 0.05) is 42.1 Å². The summed E-state index contributed by atoms with van der Waals surface area (Å²) in [6, 6.07) is 32.8. The first-order chi connectivity index (χ1) is 23.8. The maximum Gasteiger partial charge on any atom is 0.337 e. The maximum atomic E-state index is 14.3. The molecule has 0 unspecified atom stereocenters. The van der Waals surface area contributed by atoms with Crippen molar-refractivity contribution >= 4 is 40.1 Å². The first kappa shape index (κ1) is 33.3. The van der Waals surface area contributed by atoms with Gasteiger partial charge in [-0.15, -0.1) is 11.3 Å². The molecule has 0 atom stereocenters. The second kappa shape index (κ2) is 15.1. The molecule has 5 N–H and O–H groups in total. The van der Waals surface area contributed by atoms with E-state index in [2.05, 4.69) is 16.0 Å². The summed E-state index contributed by atoms with van der Waals surface area (Å²) in [7, 11) is 1.35. The number of nitrogen functional groups attached to an aromatic ring is 1. The number of imidazole rings is 1. The monoisotopic (exact) mass is 670 g/mol. The first-order valence-corrected chi connectivity index (χ1v) is 16.9. The van der Waals surface area contributed by atoms with E-state index in [1.54, 1.807) is 28.4 Å². The minimum atomic E-state index is -0.406. The largest absolute Gasteiger partial charge is 0.465 e. The number of amides is 1. The van der Waals surface area contributed by atoms with Crippen LogP contribution in [0.5, 0.6) is 0 Å². The average molecular weight is 671 g/mol. The van der Waals surface area contributed by atoms with Crippen molar-refractivity contribution in [3.8, 4) is 0 Å². The van der Waals surface area contributed by atoms with Crippen LogP contribution in [0.4, 0.5) is 0 Å². The normalized spacial score (nSPS) is 11.1. The summed E-state index contributed by atoms with van der Waals surface area (Å²) < 4.78 is 7.08. The highest BCUT2D eigenvalue weighted by Crippen LogP contribution is 2.24. The summed E-state index contributed by atoms with van der Waals surface area (Å²) in [5.74, 6) is 0.457. The van der Waals surface area contributed by atoms with Gasteiger partial charge in [0.2, 0.25) is 0 Å². The van der Waals surface area contributed by atoms with E-state index in [4.69, 9.17) is 26.6 Å². The van der Waals surface area contributed by atoms with E-state index < -0.39 is 5.97 Å². The van der Waals surface area contributed by atoms with E-state index in [1.165, 1.54) is 12.0 Å². The number of nitrogens with zero attached hydrogens (tertiary/aromatic N) is 3. The number of fused-ring (bicyclic) bond motifs is 1. The number of amidine groups is 1. The predicted molar refractivity (Wildman–Crippen MR) is 194 cm³/mol. The van der Waals surface area contributed by atoms with Crippen LogP contribution in [0.3, 0.4) is 0 Å². The van der Waals surface area contributed by atoms with Crippen molar-refractivity contribution < 1.29 is 14.3 Å². The minimum absolute atomic E-state index is 0.0502. The molecule has 6 rings (SSSR count). The number of hydrogen-bond acceptors (Lipinski definition) is 7. The number of ether oxygens (including phenoxy) is 1. The molecule has 9 nitrogen and oxygen atoms in total. The molecule has 0 aliphatic carbocycles. The maximum absolute atomic E-state index is 14.3. The van der Waals surface area contributed by atoms with Crippen LogP contribution >= 0.6 is 11.3 Å². The summed E-state index contributed by atoms with van der Waals surface area (Å²) >= 11 is 1.70. The van der Waals surface area contributed by atoms with Crippen molar-refractivity contribution in [3.63, 3.8) is 0 Å². The van der Waals surface area contributed by atoms with Crippen molar-refractivity contribution in [2.24, 2.45) is 11.5 Å². The Morgan fingerprint density at radius 1 is 0.816 bits per heavy atom. The topological polar surface area (TPSA) is 140 Å². The molecule has 10 heteroatoms. The highest BCUT2D eigenvalue weighted by atomic mass is 32.1. The van der Waals surface area contributed by atoms with Crippen LogP contribution in [-0.4, -0.2) is 39.3 Å². The number of rotatable bonds is 13. The number of benzene rings is 4. The van der Waals surface area contributed by atoms with Gasteiger partial charge in [-0.1, -0.05) is 66.7 Å². The zero-order valence-corrected chi connectivity index (χ0v) is 28.1. The van der Waals surface area contributed by atoms with E-state index in [1.807, 2.05) is 84.9 Å². The number of carbonyl (C=O) groups excluding carboxylic acids is 2. The minimum Gasteiger partial charge on any atom is -0.465 e. The summed E-state index contributed by atoms with van der Waals surface area (Å²) in [4.78, 5) is 34.3. The predicted octanol–water partition coefficient (Wildman–Crippen LogP) is 6.30. The molecule has 0 bridgehead atoms. The average Bonchev–Trinajstić information content (AvgIpc) is 3.78. The lowest BCUT2D eigenvalue weighted by Gasteiger charge is -2.23. The lowest BCUT2D eigenvalue weighted by Crippen LogP contribution is -2.30. The van der Waals surface area contributed by atoms with Gasteiger partial charge in [0.15, 0.2) is 0 Å². The number of thiophene rings is 1. The number of esters is 1. The Kier molecular flexibility index (Phi) is 10.3. The van der Waals surface area contributed by atoms with Gasteiger partial charge in [0.05, 0.1) is 30.3 Å². The Labute approximate surface area is 289 Å². The highest BCUT2D eigenvalue weighted by molar-refractivity contribution is 7.09. The van der Waals surface area contributed by atoms with Gasteiger partial charge in [0.1, 0.15) is 11.7 Å². The van der Waals surface area contributed by atoms with E-state index in [-0.39, 0.29) is 11.7 Å². The Bertz CT molecular complexity index is 2070. The molecule has 0 aliphatic rings. The van der Waals surface area contributed by atoms with Crippen LogP contribution in [0.2, 0.25) is 0 Å². The van der Waals surface area contributed by atoms with Crippen LogP contribution in [0, 0.1) is 5.41 Å². The summed E-state index contributed by atoms with van der Waals surface area (Å²) in [5.41, 5.74) is 18.9. The zero-order chi connectivity index (χ0) is 34.3. The van der Waals surface area contributed by atoms with E-state index in [9.17, 15) is 9.59 Å². The molecule has 2 heterocycles. The molecule has 4 aromatic carbocycles. The first-order valence-electron chi connectivity index (χ1n) is 16.0. The molecular weight excluding hydrogens is 633 g/mol. The molecule has 49 heavy (non-hydrogen) atoms. The van der Waals surface area contributed by atoms with Crippen LogP contribution in [-0.2, 0) is 43.8 Å². The van der Waals surface area contributed by atoms with Gasteiger partial charge in [-0.25, -0.2) is 9.78 Å². The second-order valence-corrected chi connectivity index (χ2v) is 12.9. The quantitative estimate of drug-likeness (QED) is 0.0748. The Morgan fingerprint density at radius 2 is 1.43 bits per heavy atom.